The fraction of sp³-hybridized carbons (Fsp3) is 0.308. The van der Waals surface area contributed by atoms with Crippen molar-refractivity contribution in [2.75, 3.05) is 0 Å². The van der Waals surface area contributed by atoms with Gasteiger partial charge in [0.25, 0.3) is 0 Å². The van der Waals surface area contributed by atoms with Crippen molar-refractivity contribution in [2.45, 2.75) is 27.0 Å². The first-order chi connectivity index (χ1) is 8.60. The Morgan fingerprint density at radius 2 is 2.17 bits per heavy atom. The molecule has 0 aliphatic rings. The van der Waals surface area contributed by atoms with Crippen LogP contribution in [0.15, 0.2) is 22.7 Å². The van der Waals surface area contributed by atoms with Crippen LogP contribution in [-0.2, 0) is 13.2 Å². The van der Waals surface area contributed by atoms with Gasteiger partial charge in [0.2, 0.25) is 0 Å². The van der Waals surface area contributed by atoms with Gasteiger partial charge in [0, 0.05) is 11.4 Å². The van der Waals surface area contributed by atoms with Gasteiger partial charge in [0.05, 0.1) is 10.2 Å². The Balaban J connectivity index is 2.06. The molecule has 1 aromatic heterocycles. The first-order valence-electron chi connectivity index (χ1n) is 5.64. The number of hydrogen-bond donors (Lipinski definition) is 1. The highest BCUT2D eigenvalue weighted by Gasteiger charge is 2.06. The number of hydrogen-bond acceptors (Lipinski definition) is 4. The molecule has 0 aliphatic heterocycles. The summed E-state index contributed by atoms with van der Waals surface area (Å²) >= 11 is 5.16. The van der Waals surface area contributed by atoms with E-state index in [0.717, 1.165) is 26.5 Å². The quantitative estimate of drug-likeness (QED) is 0.934. The lowest BCUT2D eigenvalue weighted by Gasteiger charge is -2.07. The number of aromatic nitrogens is 1. The number of nitrogens with two attached hydrogens (primary N) is 1. The van der Waals surface area contributed by atoms with Gasteiger partial charge in [-0.05, 0) is 47.5 Å². The van der Waals surface area contributed by atoms with E-state index in [9.17, 15) is 0 Å². The standard InChI is InChI=1S/C13H15BrN2OS/c1-8-9(2)18-13(16-8)7-17-12-4-3-10(6-15)5-11(12)14/h3-5H,6-7,15H2,1-2H3. The maximum Gasteiger partial charge on any atom is 0.140 e. The largest absolute Gasteiger partial charge is 0.485 e. The third kappa shape index (κ3) is 3.10. The molecule has 96 valence electrons. The third-order valence-corrected chi connectivity index (χ3v) is 4.32. The van der Waals surface area contributed by atoms with E-state index >= 15 is 0 Å². The Kier molecular flexibility index (Phi) is 4.37. The van der Waals surface area contributed by atoms with Crippen LogP contribution in [-0.4, -0.2) is 4.98 Å². The second kappa shape index (κ2) is 5.82. The van der Waals surface area contributed by atoms with E-state index < -0.39 is 0 Å². The summed E-state index contributed by atoms with van der Waals surface area (Å²) in [5.41, 5.74) is 7.74. The summed E-state index contributed by atoms with van der Waals surface area (Å²) in [6, 6.07) is 5.88. The molecule has 0 fully saturated rings. The van der Waals surface area contributed by atoms with Crippen molar-refractivity contribution in [1.29, 1.82) is 0 Å². The van der Waals surface area contributed by atoms with Gasteiger partial charge >= 0.3 is 0 Å². The number of benzene rings is 1. The number of halogens is 1. The van der Waals surface area contributed by atoms with Crippen LogP contribution in [0.4, 0.5) is 0 Å². The molecule has 3 nitrogen and oxygen atoms in total. The lowest BCUT2D eigenvalue weighted by Crippen LogP contribution is -1.98. The van der Waals surface area contributed by atoms with Crippen molar-refractivity contribution < 1.29 is 4.74 Å². The van der Waals surface area contributed by atoms with Crippen molar-refractivity contribution in [1.82, 2.24) is 4.98 Å². The zero-order chi connectivity index (χ0) is 13.1. The SMILES string of the molecule is Cc1nc(COc2ccc(CN)cc2Br)sc1C. The summed E-state index contributed by atoms with van der Waals surface area (Å²) in [6.07, 6.45) is 0. The number of thiazole rings is 1. The number of rotatable bonds is 4. The van der Waals surface area contributed by atoms with Gasteiger partial charge in [-0.1, -0.05) is 6.07 Å². The fourth-order valence-corrected chi connectivity index (χ4v) is 2.92. The van der Waals surface area contributed by atoms with Crippen LogP contribution in [0.5, 0.6) is 5.75 Å². The van der Waals surface area contributed by atoms with E-state index in [1.54, 1.807) is 11.3 Å². The fourth-order valence-electron chi connectivity index (χ4n) is 1.53. The molecule has 5 heteroatoms. The molecule has 1 heterocycles. The van der Waals surface area contributed by atoms with Gasteiger partial charge in [0.15, 0.2) is 0 Å². The molecular formula is C13H15BrN2OS. The molecule has 2 rings (SSSR count). The van der Waals surface area contributed by atoms with Crippen LogP contribution in [0, 0.1) is 13.8 Å². The molecule has 0 atom stereocenters. The van der Waals surface area contributed by atoms with Crippen LogP contribution in [0.3, 0.4) is 0 Å². The molecule has 0 saturated heterocycles. The molecule has 0 bridgehead atoms. The molecule has 2 N–H and O–H groups in total. The van der Waals surface area contributed by atoms with E-state index in [-0.39, 0.29) is 0 Å². The van der Waals surface area contributed by atoms with Gasteiger partial charge in [0.1, 0.15) is 17.4 Å². The second-order valence-corrected chi connectivity index (χ2v) is 6.15. The van der Waals surface area contributed by atoms with E-state index in [4.69, 9.17) is 10.5 Å². The van der Waals surface area contributed by atoms with Crippen LogP contribution in [0.1, 0.15) is 21.1 Å². The van der Waals surface area contributed by atoms with E-state index in [0.29, 0.717) is 13.2 Å². The normalized spacial score (nSPS) is 10.7. The second-order valence-electron chi connectivity index (χ2n) is 4.01. The summed E-state index contributed by atoms with van der Waals surface area (Å²) in [5, 5.41) is 1.000. The zero-order valence-electron chi connectivity index (χ0n) is 10.4. The highest BCUT2D eigenvalue weighted by molar-refractivity contribution is 9.10. The summed E-state index contributed by atoms with van der Waals surface area (Å²) < 4.78 is 6.68. The average molecular weight is 327 g/mol. The third-order valence-electron chi connectivity index (χ3n) is 2.66. The van der Waals surface area contributed by atoms with Gasteiger partial charge < -0.3 is 10.5 Å². The molecule has 18 heavy (non-hydrogen) atoms. The molecular weight excluding hydrogens is 312 g/mol. The predicted molar refractivity (Wildman–Crippen MR) is 78.0 cm³/mol. The minimum atomic E-state index is 0.500. The van der Waals surface area contributed by atoms with Crippen LogP contribution >= 0.6 is 27.3 Å². The van der Waals surface area contributed by atoms with E-state index in [1.165, 1.54) is 4.88 Å². The Labute approximate surface area is 119 Å². The highest BCUT2D eigenvalue weighted by Crippen LogP contribution is 2.27. The molecule has 2 aromatic rings. The molecule has 1 aromatic carbocycles. The van der Waals surface area contributed by atoms with Gasteiger partial charge in [-0.15, -0.1) is 11.3 Å². The van der Waals surface area contributed by atoms with Crippen molar-refractivity contribution in [3.63, 3.8) is 0 Å². The molecule has 0 amide bonds. The molecule has 0 radical (unpaired) electrons. The van der Waals surface area contributed by atoms with E-state index in [2.05, 4.69) is 27.8 Å². The predicted octanol–water partition coefficient (Wildman–Crippen LogP) is 3.56. The summed E-state index contributed by atoms with van der Waals surface area (Å²) in [4.78, 5) is 5.69. The van der Waals surface area contributed by atoms with Crippen molar-refractivity contribution in [3.05, 3.63) is 43.8 Å². The maximum absolute atomic E-state index is 5.75. The van der Waals surface area contributed by atoms with Crippen molar-refractivity contribution >= 4 is 27.3 Å². The first kappa shape index (κ1) is 13.5. The smallest absolute Gasteiger partial charge is 0.140 e. The minimum absolute atomic E-state index is 0.500. The molecule has 0 spiro atoms. The molecule has 0 aliphatic carbocycles. The molecule has 0 saturated carbocycles. The summed E-state index contributed by atoms with van der Waals surface area (Å²) in [5.74, 6) is 0.817. The van der Waals surface area contributed by atoms with Crippen molar-refractivity contribution in [3.8, 4) is 5.75 Å². The zero-order valence-corrected chi connectivity index (χ0v) is 12.8. The van der Waals surface area contributed by atoms with Crippen molar-refractivity contribution in [2.24, 2.45) is 5.73 Å². The number of nitrogens with zero attached hydrogens (tertiary/aromatic N) is 1. The monoisotopic (exact) mass is 326 g/mol. The maximum atomic E-state index is 5.75. The molecule has 0 unspecified atom stereocenters. The average Bonchev–Trinajstić information content (AvgIpc) is 2.67. The van der Waals surface area contributed by atoms with Crippen LogP contribution in [0.25, 0.3) is 0 Å². The van der Waals surface area contributed by atoms with Gasteiger partial charge in [-0.25, -0.2) is 4.98 Å². The summed E-state index contributed by atoms with van der Waals surface area (Å²) in [7, 11) is 0. The van der Waals surface area contributed by atoms with Gasteiger partial charge in [-0.3, -0.25) is 0 Å². The lowest BCUT2D eigenvalue weighted by molar-refractivity contribution is 0.303. The Hall–Kier alpha value is -0.910. The Morgan fingerprint density at radius 3 is 2.72 bits per heavy atom. The Morgan fingerprint density at radius 1 is 1.39 bits per heavy atom. The number of ether oxygens (including phenoxy) is 1. The van der Waals surface area contributed by atoms with Crippen LogP contribution in [0.2, 0.25) is 0 Å². The number of aryl methyl sites for hydroxylation is 2. The first-order valence-corrected chi connectivity index (χ1v) is 7.25. The van der Waals surface area contributed by atoms with Crippen LogP contribution < -0.4 is 10.5 Å². The lowest BCUT2D eigenvalue weighted by atomic mass is 10.2. The minimum Gasteiger partial charge on any atom is -0.485 e. The summed E-state index contributed by atoms with van der Waals surface area (Å²) in [6.45, 7) is 5.12. The highest BCUT2D eigenvalue weighted by atomic mass is 79.9. The topological polar surface area (TPSA) is 48.1 Å². The Bertz CT molecular complexity index is 534. The van der Waals surface area contributed by atoms with Gasteiger partial charge in [-0.2, -0.15) is 0 Å². The van der Waals surface area contributed by atoms with E-state index in [1.807, 2.05) is 25.1 Å².